The van der Waals surface area contributed by atoms with E-state index in [2.05, 4.69) is 58.3 Å². The Morgan fingerprint density at radius 2 is 2.00 bits per heavy atom. The summed E-state index contributed by atoms with van der Waals surface area (Å²) in [7, 11) is 0. The van der Waals surface area contributed by atoms with Gasteiger partial charge in [0, 0.05) is 17.3 Å². The molecule has 0 aromatic carbocycles. The quantitative estimate of drug-likeness (QED) is 0.662. The van der Waals surface area contributed by atoms with Crippen LogP contribution in [0, 0.1) is 28.6 Å². The molecule has 3 rings (SSSR count). The number of hydrogen-bond acceptors (Lipinski definition) is 3. The molecular formula is C26H38O3. The van der Waals surface area contributed by atoms with Gasteiger partial charge in [-0.15, -0.1) is 0 Å². The normalized spacial score (nSPS) is 38.1. The van der Waals surface area contributed by atoms with E-state index in [1.807, 2.05) is 0 Å². The van der Waals surface area contributed by atoms with Gasteiger partial charge < -0.3 is 14.9 Å². The summed E-state index contributed by atoms with van der Waals surface area (Å²) < 4.78 is 6.26. The van der Waals surface area contributed by atoms with Crippen molar-refractivity contribution in [1.82, 2.24) is 0 Å². The van der Waals surface area contributed by atoms with Gasteiger partial charge in [0.15, 0.2) is 0 Å². The van der Waals surface area contributed by atoms with Crippen LogP contribution in [0.4, 0.5) is 0 Å². The van der Waals surface area contributed by atoms with Crippen LogP contribution in [0.1, 0.15) is 72.6 Å². The number of fused-ring (bicyclic) bond motifs is 1. The zero-order valence-corrected chi connectivity index (χ0v) is 18.6. The van der Waals surface area contributed by atoms with Crippen molar-refractivity contribution in [2.24, 2.45) is 16.7 Å². The van der Waals surface area contributed by atoms with Gasteiger partial charge in [0.1, 0.15) is 6.61 Å². The number of hydrogen-bond donors (Lipinski definition) is 2. The van der Waals surface area contributed by atoms with Crippen molar-refractivity contribution in [2.75, 3.05) is 6.61 Å². The summed E-state index contributed by atoms with van der Waals surface area (Å²) in [6, 6.07) is 0. The van der Waals surface area contributed by atoms with Crippen LogP contribution in [0.2, 0.25) is 0 Å². The van der Waals surface area contributed by atoms with Crippen LogP contribution in [0.3, 0.4) is 0 Å². The van der Waals surface area contributed by atoms with E-state index >= 15 is 0 Å². The fraction of sp³-hybridized carbons (Fsp3) is 0.692. The first kappa shape index (κ1) is 22.3. The van der Waals surface area contributed by atoms with E-state index in [9.17, 15) is 10.2 Å². The Balaban J connectivity index is 1.70. The molecule has 0 aromatic rings. The van der Waals surface area contributed by atoms with Crippen molar-refractivity contribution in [1.29, 1.82) is 0 Å². The summed E-state index contributed by atoms with van der Waals surface area (Å²) in [6.07, 6.45) is 10.2. The van der Waals surface area contributed by atoms with E-state index in [1.165, 1.54) is 18.4 Å². The van der Waals surface area contributed by atoms with Crippen molar-refractivity contribution in [3.05, 3.63) is 35.5 Å². The number of allylic oxidation sites excluding steroid dienone is 3. The van der Waals surface area contributed by atoms with E-state index in [1.54, 1.807) is 0 Å². The Morgan fingerprint density at radius 3 is 2.72 bits per heavy atom. The Morgan fingerprint density at radius 1 is 1.24 bits per heavy atom. The topological polar surface area (TPSA) is 49.7 Å². The summed E-state index contributed by atoms with van der Waals surface area (Å²) in [5.41, 5.74) is 3.43. The van der Waals surface area contributed by atoms with Crippen molar-refractivity contribution in [3.8, 4) is 11.8 Å². The molecule has 3 aliphatic rings. The minimum absolute atomic E-state index is 0.0179. The fourth-order valence-electron chi connectivity index (χ4n) is 5.38. The molecule has 3 nitrogen and oxygen atoms in total. The summed E-state index contributed by atoms with van der Waals surface area (Å²) in [5.74, 6) is 7.01. The molecule has 2 N–H and O–H groups in total. The zero-order valence-electron chi connectivity index (χ0n) is 18.6. The second-order valence-corrected chi connectivity index (χ2v) is 10.4. The van der Waals surface area contributed by atoms with Crippen molar-refractivity contribution in [3.63, 3.8) is 0 Å². The molecule has 0 spiro atoms. The largest absolute Gasteiger partial charge is 0.393 e. The third kappa shape index (κ3) is 5.23. The summed E-state index contributed by atoms with van der Waals surface area (Å²) in [5, 5.41) is 20.1. The van der Waals surface area contributed by atoms with E-state index in [0.29, 0.717) is 25.4 Å². The number of rotatable bonds is 3. The highest BCUT2D eigenvalue weighted by atomic mass is 16.5. The van der Waals surface area contributed by atoms with E-state index < -0.39 is 12.2 Å². The van der Waals surface area contributed by atoms with Crippen LogP contribution in [-0.4, -0.2) is 35.1 Å². The molecule has 0 heterocycles. The first-order valence-electron chi connectivity index (χ1n) is 11.2. The maximum Gasteiger partial charge on any atom is 0.108 e. The highest BCUT2D eigenvalue weighted by Gasteiger charge is 2.49. The van der Waals surface area contributed by atoms with Gasteiger partial charge in [-0.3, -0.25) is 0 Å². The number of ether oxygens (including phenoxy) is 1. The SMILES string of the molecule is C=C1C(=CC=C2CCC[C@]3(C)[C@@H](OCC#CC(C)(C)C)CC[C@@H]23)C[C@@H](O)C[C@@H]1O. The first-order chi connectivity index (χ1) is 13.6. The van der Waals surface area contributed by atoms with Crippen molar-refractivity contribution < 1.29 is 14.9 Å². The summed E-state index contributed by atoms with van der Waals surface area (Å²) in [4.78, 5) is 0. The van der Waals surface area contributed by atoms with Gasteiger partial charge in [-0.25, -0.2) is 0 Å². The lowest BCUT2D eigenvalue weighted by Gasteiger charge is -2.41. The predicted octanol–water partition coefficient (Wildman–Crippen LogP) is 4.95. The van der Waals surface area contributed by atoms with E-state index in [4.69, 9.17) is 4.74 Å². The number of aliphatic hydroxyl groups is 2. The molecule has 0 aromatic heterocycles. The molecule has 0 radical (unpaired) electrons. The molecule has 3 saturated carbocycles. The lowest BCUT2D eigenvalue weighted by atomic mass is 9.66. The third-order valence-corrected chi connectivity index (χ3v) is 6.96. The third-order valence-electron chi connectivity index (χ3n) is 6.96. The van der Waals surface area contributed by atoms with Crippen LogP contribution in [0.5, 0.6) is 0 Å². The van der Waals surface area contributed by atoms with Crippen LogP contribution in [0.15, 0.2) is 35.5 Å². The van der Waals surface area contributed by atoms with Gasteiger partial charge >= 0.3 is 0 Å². The highest BCUT2D eigenvalue weighted by molar-refractivity contribution is 5.38. The Bertz CT molecular complexity index is 742. The van der Waals surface area contributed by atoms with Gasteiger partial charge in [-0.05, 0) is 76.4 Å². The summed E-state index contributed by atoms with van der Waals surface area (Å²) >= 11 is 0. The van der Waals surface area contributed by atoms with Crippen molar-refractivity contribution in [2.45, 2.75) is 91.0 Å². The van der Waals surface area contributed by atoms with Gasteiger partial charge in [-0.2, -0.15) is 0 Å². The maximum absolute atomic E-state index is 10.1. The van der Waals surface area contributed by atoms with E-state index in [-0.39, 0.29) is 16.9 Å². The van der Waals surface area contributed by atoms with Gasteiger partial charge in [0.25, 0.3) is 0 Å². The van der Waals surface area contributed by atoms with Gasteiger partial charge in [0.05, 0.1) is 18.3 Å². The lowest BCUT2D eigenvalue weighted by Crippen LogP contribution is -2.37. The molecule has 3 aliphatic carbocycles. The molecule has 5 atom stereocenters. The molecule has 0 bridgehead atoms. The first-order valence-corrected chi connectivity index (χ1v) is 11.2. The fourth-order valence-corrected chi connectivity index (χ4v) is 5.38. The number of aliphatic hydroxyl groups excluding tert-OH is 2. The van der Waals surface area contributed by atoms with Crippen LogP contribution in [-0.2, 0) is 4.74 Å². The Hall–Kier alpha value is -1.34. The average Bonchev–Trinajstić information content (AvgIpc) is 2.96. The Kier molecular flexibility index (Phi) is 6.78. The minimum Gasteiger partial charge on any atom is -0.393 e. The average molecular weight is 399 g/mol. The predicted molar refractivity (Wildman–Crippen MR) is 118 cm³/mol. The molecule has 0 aliphatic heterocycles. The second-order valence-electron chi connectivity index (χ2n) is 10.4. The van der Waals surface area contributed by atoms with Crippen molar-refractivity contribution >= 4 is 0 Å². The standard InChI is InChI=1S/C26H38O3/c1-18-20(16-21(27)17-23(18)28)10-9-19-8-6-14-26(5)22(19)11-12-24(26)29-15-7-13-25(2,3)4/h9-10,21-24,27-28H,1,6,8,11-12,14-17H2,2-5H3/t21-,22+,23+,24+,26+/m1/s1. The monoisotopic (exact) mass is 398 g/mol. The maximum atomic E-state index is 10.1. The molecule has 160 valence electrons. The highest BCUT2D eigenvalue weighted by Crippen LogP contribution is 2.55. The molecule has 29 heavy (non-hydrogen) atoms. The van der Waals surface area contributed by atoms with Crippen LogP contribution >= 0.6 is 0 Å². The second kappa shape index (κ2) is 8.80. The van der Waals surface area contributed by atoms with E-state index in [0.717, 1.165) is 30.4 Å². The van der Waals surface area contributed by atoms with Gasteiger partial charge in [0.2, 0.25) is 0 Å². The molecule has 0 unspecified atom stereocenters. The van der Waals surface area contributed by atoms with Crippen LogP contribution in [0.25, 0.3) is 0 Å². The molecular weight excluding hydrogens is 360 g/mol. The zero-order chi connectivity index (χ0) is 21.2. The van der Waals surface area contributed by atoms with Crippen LogP contribution < -0.4 is 0 Å². The summed E-state index contributed by atoms with van der Waals surface area (Å²) in [6.45, 7) is 13.3. The molecule has 3 fully saturated rings. The molecule has 0 saturated heterocycles. The lowest BCUT2D eigenvalue weighted by molar-refractivity contribution is -0.0200. The molecule has 3 heteroatoms. The molecule has 0 amide bonds. The minimum atomic E-state index is -0.626. The van der Waals surface area contributed by atoms with Gasteiger partial charge in [-0.1, -0.05) is 43.1 Å². The Labute approximate surface area is 176 Å². The smallest absolute Gasteiger partial charge is 0.108 e.